The fraction of sp³-hybridized carbons (Fsp3) is 0.636. The summed E-state index contributed by atoms with van der Waals surface area (Å²) in [5, 5.41) is 9.39. The second-order valence-electron chi connectivity index (χ2n) is 4.62. The molecule has 0 amide bonds. The fourth-order valence-corrected chi connectivity index (χ4v) is 2.25. The number of alkyl halides is 3. The van der Waals surface area contributed by atoms with Gasteiger partial charge in [0.25, 0.3) is 5.56 Å². The van der Waals surface area contributed by atoms with Gasteiger partial charge in [0.05, 0.1) is 11.9 Å². The molecule has 0 aliphatic carbocycles. The van der Waals surface area contributed by atoms with Gasteiger partial charge in [-0.3, -0.25) is 4.79 Å². The summed E-state index contributed by atoms with van der Waals surface area (Å²) >= 11 is 5.79. The first kappa shape index (κ1) is 15.1. The minimum absolute atomic E-state index is 0.254. The van der Waals surface area contributed by atoms with E-state index in [1.165, 1.54) is 0 Å². The predicted octanol–water partition coefficient (Wildman–Crippen LogP) is 1.62. The van der Waals surface area contributed by atoms with Crippen LogP contribution in [0.5, 0.6) is 0 Å². The zero-order valence-electron chi connectivity index (χ0n) is 10.5. The molecule has 0 radical (unpaired) electrons. The van der Waals surface area contributed by atoms with Crippen molar-refractivity contribution in [1.82, 2.24) is 15.1 Å². The van der Waals surface area contributed by atoms with Gasteiger partial charge in [0.1, 0.15) is 11.6 Å². The van der Waals surface area contributed by atoms with Crippen molar-refractivity contribution in [3.8, 4) is 0 Å². The van der Waals surface area contributed by atoms with Crippen molar-refractivity contribution in [2.45, 2.75) is 31.6 Å². The van der Waals surface area contributed by atoms with Crippen LogP contribution in [0.3, 0.4) is 0 Å². The molecule has 1 unspecified atom stereocenters. The molecule has 2 heterocycles. The van der Waals surface area contributed by atoms with Crippen LogP contribution in [-0.4, -0.2) is 35.1 Å². The molecule has 20 heavy (non-hydrogen) atoms. The molecule has 9 heteroatoms. The summed E-state index contributed by atoms with van der Waals surface area (Å²) in [5.41, 5.74) is -0.697. The predicted molar refractivity (Wildman–Crippen MR) is 69.1 cm³/mol. The van der Waals surface area contributed by atoms with Crippen LogP contribution in [-0.2, 0) is 6.54 Å². The largest absolute Gasteiger partial charge is 0.408 e. The lowest BCUT2D eigenvalue weighted by molar-refractivity contribution is -0.143. The van der Waals surface area contributed by atoms with Gasteiger partial charge in [0, 0.05) is 12.6 Å². The number of aromatic nitrogens is 2. The lowest BCUT2D eigenvalue weighted by Crippen LogP contribution is -2.32. The van der Waals surface area contributed by atoms with Gasteiger partial charge in [-0.25, -0.2) is 4.68 Å². The zero-order chi connectivity index (χ0) is 14.8. The summed E-state index contributed by atoms with van der Waals surface area (Å²) < 4.78 is 37.0. The number of nitrogens with one attached hydrogen (secondary N) is 2. The Morgan fingerprint density at radius 3 is 2.90 bits per heavy atom. The number of halogens is 4. The molecule has 0 saturated carbocycles. The van der Waals surface area contributed by atoms with Crippen molar-refractivity contribution in [3.63, 3.8) is 0 Å². The van der Waals surface area contributed by atoms with Crippen molar-refractivity contribution < 1.29 is 13.2 Å². The van der Waals surface area contributed by atoms with Crippen LogP contribution in [0.4, 0.5) is 18.9 Å². The van der Waals surface area contributed by atoms with Crippen molar-refractivity contribution in [3.05, 3.63) is 21.6 Å². The Morgan fingerprint density at radius 1 is 1.55 bits per heavy atom. The van der Waals surface area contributed by atoms with E-state index in [2.05, 4.69) is 15.7 Å². The topological polar surface area (TPSA) is 59.0 Å². The van der Waals surface area contributed by atoms with Crippen molar-refractivity contribution in [2.24, 2.45) is 0 Å². The lowest BCUT2D eigenvalue weighted by Gasteiger charge is -2.14. The molecule has 1 atom stereocenters. The van der Waals surface area contributed by atoms with E-state index >= 15 is 0 Å². The maximum Gasteiger partial charge on any atom is 0.408 e. The molecule has 5 nitrogen and oxygen atoms in total. The first-order valence-electron chi connectivity index (χ1n) is 6.16. The molecule has 1 aromatic rings. The van der Waals surface area contributed by atoms with E-state index in [0.717, 1.165) is 25.6 Å². The summed E-state index contributed by atoms with van der Waals surface area (Å²) in [4.78, 5) is 11.7. The number of hydrogen-bond acceptors (Lipinski definition) is 4. The van der Waals surface area contributed by atoms with Crippen LogP contribution in [0, 0.1) is 0 Å². The average Bonchev–Trinajstić information content (AvgIpc) is 2.86. The fourth-order valence-electron chi connectivity index (χ4n) is 2.03. The van der Waals surface area contributed by atoms with Gasteiger partial charge in [0.15, 0.2) is 0 Å². The Bertz CT molecular complexity index is 525. The molecule has 2 N–H and O–H groups in total. The second-order valence-corrected chi connectivity index (χ2v) is 5.00. The molecule has 1 aliphatic heterocycles. The third-order valence-corrected chi connectivity index (χ3v) is 3.38. The van der Waals surface area contributed by atoms with E-state index in [0.29, 0.717) is 11.2 Å². The van der Waals surface area contributed by atoms with E-state index < -0.39 is 18.3 Å². The number of nitrogens with zero attached hydrogens (tertiary/aromatic N) is 2. The first-order chi connectivity index (χ1) is 9.37. The van der Waals surface area contributed by atoms with Crippen LogP contribution in [0.25, 0.3) is 0 Å². The number of rotatable bonds is 4. The van der Waals surface area contributed by atoms with Gasteiger partial charge >= 0.3 is 6.18 Å². The highest BCUT2D eigenvalue weighted by Gasteiger charge is 2.29. The van der Waals surface area contributed by atoms with Gasteiger partial charge in [-0.2, -0.15) is 18.3 Å². The molecular weight excluding hydrogens is 297 g/mol. The summed E-state index contributed by atoms with van der Waals surface area (Å²) in [5.74, 6) is 0. The normalized spacial score (nSPS) is 19.3. The monoisotopic (exact) mass is 310 g/mol. The van der Waals surface area contributed by atoms with Crippen LogP contribution in [0.15, 0.2) is 11.0 Å². The molecule has 1 aromatic heterocycles. The molecule has 0 bridgehead atoms. The maximum absolute atomic E-state index is 12.2. The van der Waals surface area contributed by atoms with Gasteiger partial charge < -0.3 is 10.6 Å². The van der Waals surface area contributed by atoms with Gasteiger partial charge in [0.2, 0.25) is 0 Å². The quantitative estimate of drug-likeness (QED) is 0.887. The summed E-state index contributed by atoms with van der Waals surface area (Å²) in [6.45, 7) is 0.0334. The Hall–Kier alpha value is -1.28. The summed E-state index contributed by atoms with van der Waals surface area (Å²) in [7, 11) is 0. The van der Waals surface area contributed by atoms with E-state index in [4.69, 9.17) is 11.6 Å². The van der Waals surface area contributed by atoms with Crippen LogP contribution < -0.4 is 16.2 Å². The van der Waals surface area contributed by atoms with Crippen molar-refractivity contribution in [2.75, 3.05) is 18.4 Å². The molecule has 0 aromatic carbocycles. The molecule has 1 aliphatic rings. The molecule has 1 fully saturated rings. The minimum atomic E-state index is -4.51. The maximum atomic E-state index is 12.2. The molecule has 112 valence electrons. The van der Waals surface area contributed by atoms with Crippen LogP contribution >= 0.6 is 11.6 Å². The minimum Gasteiger partial charge on any atom is -0.381 e. The van der Waals surface area contributed by atoms with Crippen LogP contribution in [0.1, 0.15) is 12.8 Å². The zero-order valence-corrected chi connectivity index (χ0v) is 11.3. The van der Waals surface area contributed by atoms with E-state index in [1.54, 1.807) is 0 Å². The highest BCUT2D eigenvalue weighted by molar-refractivity contribution is 6.32. The Kier molecular flexibility index (Phi) is 4.54. The molecule has 2 rings (SSSR count). The van der Waals surface area contributed by atoms with E-state index in [1.807, 2.05) is 0 Å². The Balaban J connectivity index is 2.07. The number of hydrogen-bond donors (Lipinski definition) is 2. The van der Waals surface area contributed by atoms with Crippen molar-refractivity contribution in [1.29, 1.82) is 0 Å². The lowest BCUT2D eigenvalue weighted by atomic mass is 10.2. The molecule has 1 saturated heterocycles. The Labute approximate surface area is 118 Å². The highest BCUT2D eigenvalue weighted by Crippen LogP contribution is 2.19. The molecule has 0 spiro atoms. The first-order valence-corrected chi connectivity index (χ1v) is 6.54. The highest BCUT2D eigenvalue weighted by atomic mass is 35.5. The SMILES string of the molecule is O=c1c(Cl)c(NCC2CCCN2)cnn1CC(F)(F)F. The third kappa shape index (κ3) is 3.86. The van der Waals surface area contributed by atoms with E-state index in [9.17, 15) is 18.0 Å². The van der Waals surface area contributed by atoms with Gasteiger partial charge in [-0.15, -0.1) is 0 Å². The number of anilines is 1. The standard InChI is InChI=1S/C11H14ClF3N4O/c12-9-8(17-4-7-2-1-3-16-7)5-18-19(10(9)20)6-11(13,14)15/h5,7,16-17H,1-4,6H2. The van der Waals surface area contributed by atoms with E-state index in [-0.39, 0.29) is 16.8 Å². The Morgan fingerprint density at radius 2 is 2.30 bits per heavy atom. The van der Waals surface area contributed by atoms with Crippen molar-refractivity contribution >= 4 is 17.3 Å². The van der Waals surface area contributed by atoms with Gasteiger partial charge in [-0.1, -0.05) is 11.6 Å². The third-order valence-electron chi connectivity index (χ3n) is 3.02. The second kappa shape index (κ2) is 6.01. The van der Waals surface area contributed by atoms with Gasteiger partial charge in [-0.05, 0) is 19.4 Å². The van der Waals surface area contributed by atoms with Crippen LogP contribution in [0.2, 0.25) is 5.02 Å². The summed E-state index contributed by atoms with van der Waals surface area (Å²) in [6, 6.07) is 0.267. The molecular formula is C11H14ClF3N4O. The average molecular weight is 311 g/mol. The summed E-state index contributed by atoms with van der Waals surface area (Å²) in [6.07, 6.45) is -1.29. The smallest absolute Gasteiger partial charge is 0.381 e.